The van der Waals surface area contributed by atoms with Crippen LogP contribution in [0.5, 0.6) is 5.75 Å². The van der Waals surface area contributed by atoms with Crippen LogP contribution in [-0.4, -0.2) is 33.7 Å². The predicted molar refractivity (Wildman–Crippen MR) is 125 cm³/mol. The number of rotatable bonds is 7. The summed E-state index contributed by atoms with van der Waals surface area (Å²) in [5.74, 6) is 1.28. The van der Waals surface area contributed by atoms with Gasteiger partial charge in [0.05, 0.1) is 11.7 Å². The highest BCUT2D eigenvalue weighted by molar-refractivity contribution is 7.99. The summed E-state index contributed by atoms with van der Waals surface area (Å²) in [5, 5.41) is 4.78. The van der Waals surface area contributed by atoms with Gasteiger partial charge in [0.2, 0.25) is 0 Å². The number of amides is 1. The second kappa shape index (κ2) is 9.33. The van der Waals surface area contributed by atoms with Crippen molar-refractivity contribution in [1.29, 1.82) is 0 Å². The molecular weight excluding hydrogens is 452 g/mol. The van der Waals surface area contributed by atoms with Gasteiger partial charge in [-0.15, -0.1) is 23.1 Å². The van der Waals surface area contributed by atoms with Gasteiger partial charge >= 0.3 is 0 Å². The molecule has 1 aromatic heterocycles. The van der Waals surface area contributed by atoms with Gasteiger partial charge in [0, 0.05) is 17.7 Å². The Kier molecular flexibility index (Phi) is 6.54. The van der Waals surface area contributed by atoms with E-state index in [-0.39, 0.29) is 22.8 Å². The van der Waals surface area contributed by atoms with Crippen LogP contribution in [-0.2, 0) is 14.8 Å². The minimum atomic E-state index is -3.58. The smallest absolute Gasteiger partial charge is 0.273 e. The van der Waals surface area contributed by atoms with Gasteiger partial charge in [0.15, 0.2) is 6.61 Å². The number of ether oxygens (including phenoxy) is 1. The van der Waals surface area contributed by atoms with Gasteiger partial charge in [-0.1, -0.05) is 24.3 Å². The van der Waals surface area contributed by atoms with E-state index in [1.807, 2.05) is 18.2 Å². The van der Waals surface area contributed by atoms with Crippen molar-refractivity contribution in [1.82, 2.24) is 5.32 Å². The van der Waals surface area contributed by atoms with Gasteiger partial charge in [0.1, 0.15) is 9.96 Å². The molecule has 0 saturated carbocycles. The van der Waals surface area contributed by atoms with Crippen LogP contribution in [0, 0.1) is 0 Å². The Balaban J connectivity index is 1.34. The van der Waals surface area contributed by atoms with E-state index in [1.54, 1.807) is 53.5 Å². The largest absolute Gasteiger partial charge is 0.484 e. The molecular formula is C22H22N2O4S3. The molecule has 2 aromatic carbocycles. The summed E-state index contributed by atoms with van der Waals surface area (Å²) in [6.07, 6.45) is 0.882. The van der Waals surface area contributed by atoms with Gasteiger partial charge < -0.3 is 10.1 Å². The lowest BCUT2D eigenvalue weighted by molar-refractivity contribution is -0.123. The lowest BCUT2D eigenvalue weighted by Gasteiger charge is -2.25. The van der Waals surface area contributed by atoms with E-state index >= 15 is 0 Å². The molecule has 0 radical (unpaired) electrons. The third kappa shape index (κ3) is 4.89. The number of fused-ring (bicyclic) bond motifs is 1. The molecule has 162 valence electrons. The normalized spacial score (nSPS) is 15.7. The predicted octanol–water partition coefficient (Wildman–Crippen LogP) is 4.31. The van der Waals surface area contributed by atoms with Gasteiger partial charge in [-0.05, 0) is 53.8 Å². The summed E-state index contributed by atoms with van der Waals surface area (Å²) in [4.78, 5) is 13.6. The van der Waals surface area contributed by atoms with Crippen molar-refractivity contribution in [3.8, 4) is 5.75 Å². The first-order valence-electron chi connectivity index (χ1n) is 9.71. The highest BCUT2D eigenvalue weighted by Gasteiger charge is 2.23. The fourth-order valence-electron chi connectivity index (χ4n) is 3.31. The molecule has 0 bridgehead atoms. The molecule has 3 aromatic rings. The van der Waals surface area contributed by atoms with E-state index in [4.69, 9.17) is 4.74 Å². The zero-order valence-corrected chi connectivity index (χ0v) is 19.3. The van der Waals surface area contributed by atoms with Crippen molar-refractivity contribution in [2.75, 3.05) is 23.7 Å². The van der Waals surface area contributed by atoms with Crippen LogP contribution in [0.3, 0.4) is 0 Å². The van der Waals surface area contributed by atoms with Gasteiger partial charge in [0.25, 0.3) is 15.9 Å². The molecule has 0 saturated heterocycles. The number of thioether (sulfide) groups is 1. The van der Waals surface area contributed by atoms with Crippen LogP contribution in [0.1, 0.15) is 18.0 Å². The highest BCUT2D eigenvalue weighted by atomic mass is 32.2. The van der Waals surface area contributed by atoms with E-state index in [0.717, 1.165) is 17.7 Å². The van der Waals surface area contributed by atoms with Crippen molar-refractivity contribution in [3.05, 3.63) is 71.6 Å². The Labute approximate surface area is 190 Å². The molecule has 1 aliphatic heterocycles. The van der Waals surface area contributed by atoms with Crippen LogP contribution in [0.25, 0.3) is 0 Å². The lowest BCUT2D eigenvalue weighted by atomic mass is 10.0. The summed E-state index contributed by atoms with van der Waals surface area (Å²) in [7, 11) is -2.07. The number of carbonyl (C=O) groups is 1. The minimum Gasteiger partial charge on any atom is -0.484 e. The van der Waals surface area contributed by atoms with E-state index in [2.05, 4.69) is 11.4 Å². The maximum atomic E-state index is 12.6. The van der Waals surface area contributed by atoms with Crippen LogP contribution >= 0.6 is 23.1 Å². The Morgan fingerprint density at radius 2 is 1.90 bits per heavy atom. The third-order valence-corrected chi connectivity index (χ3v) is 9.26. The number of sulfonamides is 1. The quantitative estimate of drug-likeness (QED) is 0.552. The van der Waals surface area contributed by atoms with Crippen molar-refractivity contribution in [3.63, 3.8) is 0 Å². The highest BCUT2D eigenvalue weighted by Crippen LogP contribution is 2.35. The van der Waals surface area contributed by atoms with Crippen LogP contribution in [0.15, 0.2) is 75.1 Å². The molecule has 6 nitrogen and oxygen atoms in total. The third-order valence-electron chi connectivity index (χ3n) is 4.97. The average Bonchev–Trinajstić information content (AvgIpc) is 3.34. The zero-order chi connectivity index (χ0) is 21.8. The van der Waals surface area contributed by atoms with Crippen LogP contribution < -0.4 is 14.4 Å². The van der Waals surface area contributed by atoms with Crippen molar-refractivity contribution < 1.29 is 17.9 Å². The molecule has 31 heavy (non-hydrogen) atoms. The van der Waals surface area contributed by atoms with E-state index < -0.39 is 10.0 Å². The SMILES string of the molecule is CN(c1ccc(OCC(=O)NC2CCSc3ccccc32)cc1)S(=O)(=O)c1cccs1. The first-order chi connectivity index (χ1) is 14.9. The number of nitrogens with zero attached hydrogens (tertiary/aromatic N) is 1. The summed E-state index contributed by atoms with van der Waals surface area (Å²) >= 11 is 2.98. The van der Waals surface area contributed by atoms with Gasteiger partial charge in [-0.25, -0.2) is 8.42 Å². The zero-order valence-electron chi connectivity index (χ0n) is 16.9. The fourth-order valence-corrected chi connectivity index (χ4v) is 6.79. The second-order valence-corrected chi connectivity index (χ2v) is 11.3. The van der Waals surface area contributed by atoms with Crippen molar-refractivity contribution >= 4 is 44.7 Å². The minimum absolute atomic E-state index is 0.00738. The summed E-state index contributed by atoms with van der Waals surface area (Å²) in [6.45, 7) is -0.103. The van der Waals surface area contributed by atoms with Crippen LogP contribution in [0.4, 0.5) is 5.69 Å². The van der Waals surface area contributed by atoms with Crippen molar-refractivity contribution in [2.24, 2.45) is 0 Å². The fraction of sp³-hybridized carbons (Fsp3) is 0.227. The summed E-state index contributed by atoms with van der Waals surface area (Å²) in [6, 6.07) is 18.0. The molecule has 1 amide bonds. The standard InChI is InChI=1S/C22H22N2O4S3/c1-24(31(26,27)22-7-4-13-30-22)16-8-10-17(11-9-16)28-15-21(25)23-19-12-14-29-20-6-3-2-5-18(19)20/h2-11,13,19H,12,14-15H2,1H3,(H,23,25). The molecule has 1 unspecified atom stereocenters. The molecule has 0 aliphatic carbocycles. The number of nitrogens with one attached hydrogen (secondary N) is 1. The average molecular weight is 475 g/mol. The van der Waals surface area contributed by atoms with E-state index in [0.29, 0.717) is 11.4 Å². The second-order valence-electron chi connectivity index (χ2n) is 6.98. The molecule has 1 aliphatic rings. The maximum Gasteiger partial charge on any atom is 0.273 e. The summed E-state index contributed by atoms with van der Waals surface area (Å²) < 4.78 is 32.4. The number of anilines is 1. The molecule has 0 fully saturated rings. The molecule has 2 heterocycles. The van der Waals surface area contributed by atoms with E-state index in [9.17, 15) is 13.2 Å². The molecule has 9 heteroatoms. The molecule has 1 N–H and O–H groups in total. The molecule has 4 rings (SSSR count). The Morgan fingerprint density at radius 3 is 2.65 bits per heavy atom. The lowest BCUT2D eigenvalue weighted by Crippen LogP contribution is -2.34. The monoisotopic (exact) mass is 474 g/mol. The number of hydrogen-bond donors (Lipinski definition) is 1. The number of thiophene rings is 1. The number of hydrogen-bond acceptors (Lipinski definition) is 6. The number of benzene rings is 2. The Morgan fingerprint density at radius 1 is 1.13 bits per heavy atom. The van der Waals surface area contributed by atoms with E-state index in [1.165, 1.54) is 27.6 Å². The number of carbonyl (C=O) groups excluding carboxylic acids is 1. The first kappa shape index (κ1) is 21.7. The Bertz CT molecular complexity index is 1150. The summed E-state index contributed by atoms with van der Waals surface area (Å²) in [5.41, 5.74) is 1.66. The van der Waals surface area contributed by atoms with Crippen LogP contribution in [0.2, 0.25) is 0 Å². The Hall–Kier alpha value is -2.49. The van der Waals surface area contributed by atoms with Gasteiger partial charge in [-0.3, -0.25) is 9.10 Å². The maximum absolute atomic E-state index is 12.6. The van der Waals surface area contributed by atoms with Crippen molar-refractivity contribution in [2.45, 2.75) is 21.6 Å². The molecule has 0 spiro atoms. The topological polar surface area (TPSA) is 75.7 Å². The first-order valence-corrected chi connectivity index (χ1v) is 13.0. The van der Waals surface area contributed by atoms with Gasteiger partial charge in [-0.2, -0.15) is 0 Å². The molecule has 1 atom stereocenters.